The Kier molecular flexibility index (Phi) is 3.91. The highest BCUT2D eigenvalue weighted by Crippen LogP contribution is 2.36. The average Bonchev–Trinajstić information content (AvgIpc) is 2.82. The van der Waals surface area contributed by atoms with Crippen molar-refractivity contribution in [2.75, 3.05) is 0 Å². The molecule has 18 heavy (non-hydrogen) atoms. The Morgan fingerprint density at radius 2 is 2.28 bits per heavy atom. The lowest BCUT2D eigenvalue weighted by atomic mass is 9.92. The molecule has 0 aromatic carbocycles. The molecule has 0 bridgehead atoms. The molecule has 1 unspecified atom stereocenters. The van der Waals surface area contributed by atoms with Crippen LogP contribution in [0, 0.1) is 12.3 Å². The van der Waals surface area contributed by atoms with Gasteiger partial charge < -0.3 is 5.32 Å². The van der Waals surface area contributed by atoms with Crippen LogP contribution in [0.4, 0.5) is 0 Å². The molecule has 0 saturated heterocycles. The summed E-state index contributed by atoms with van der Waals surface area (Å²) in [6, 6.07) is 4.46. The van der Waals surface area contributed by atoms with E-state index in [0.29, 0.717) is 11.5 Å². The van der Waals surface area contributed by atoms with E-state index in [9.17, 15) is 4.79 Å². The quantitative estimate of drug-likeness (QED) is 0.826. The fourth-order valence-electron chi connectivity index (χ4n) is 2.51. The molecule has 1 atom stereocenters. The van der Waals surface area contributed by atoms with Gasteiger partial charge >= 0.3 is 0 Å². The summed E-state index contributed by atoms with van der Waals surface area (Å²) in [6.07, 6.45) is 6.94. The van der Waals surface area contributed by atoms with Gasteiger partial charge in [-0.3, -0.25) is 4.79 Å². The van der Waals surface area contributed by atoms with E-state index in [2.05, 4.69) is 32.2 Å². The van der Waals surface area contributed by atoms with Crippen LogP contribution >= 0.6 is 11.3 Å². The highest BCUT2D eigenvalue weighted by Gasteiger charge is 2.31. The molecular formula is C15H21NOS. The summed E-state index contributed by atoms with van der Waals surface area (Å²) in [5.74, 6) is 0.0313. The van der Waals surface area contributed by atoms with Gasteiger partial charge in [0, 0.05) is 21.9 Å². The first-order chi connectivity index (χ1) is 8.44. The Morgan fingerprint density at radius 1 is 1.50 bits per heavy atom. The second-order valence-corrected chi connectivity index (χ2v) is 7.21. The molecule has 1 amide bonds. The largest absolute Gasteiger partial charge is 0.350 e. The molecule has 1 heterocycles. The van der Waals surface area contributed by atoms with Gasteiger partial charge in [0.25, 0.3) is 0 Å². The molecule has 3 heteroatoms. The minimum Gasteiger partial charge on any atom is -0.350 e. The summed E-state index contributed by atoms with van der Waals surface area (Å²) >= 11 is 1.71. The maximum atomic E-state index is 11.8. The van der Waals surface area contributed by atoms with Crippen LogP contribution in [-0.2, 0) is 4.79 Å². The van der Waals surface area contributed by atoms with Crippen molar-refractivity contribution in [2.24, 2.45) is 5.41 Å². The first kappa shape index (κ1) is 13.3. The van der Waals surface area contributed by atoms with Crippen LogP contribution in [0.3, 0.4) is 0 Å². The van der Waals surface area contributed by atoms with Gasteiger partial charge in [-0.25, -0.2) is 0 Å². The first-order valence-corrected chi connectivity index (χ1v) is 7.31. The van der Waals surface area contributed by atoms with E-state index in [-0.39, 0.29) is 5.91 Å². The van der Waals surface area contributed by atoms with Gasteiger partial charge in [-0.1, -0.05) is 13.8 Å². The van der Waals surface area contributed by atoms with Crippen LogP contribution in [0.2, 0.25) is 0 Å². The molecule has 1 N–H and O–H groups in total. The molecule has 98 valence electrons. The Hall–Kier alpha value is -1.09. The highest BCUT2D eigenvalue weighted by molar-refractivity contribution is 7.12. The molecule has 1 aliphatic rings. The lowest BCUT2D eigenvalue weighted by Crippen LogP contribution is -2.32. The maximum absolute atomic E-state index is 11.8. The van der Waals surface area contributed by atoms with Gasteiger partial charge in [-0.15, -0.1) is 11.3 Å². The summed E-state index contributed by atoms with van der Waals surface area (Å²) in [5, 5.41) is 3.09. The number of amides is 1. The van der Waals surface area contributed by atoms with Crippen molar-refractivity contribution >= 4 is 23.3 Å². The maximum Gasteiger partial charge on any atom is 0.244 e. The van der Waals surface area contributed by atoms with Gasteiger partial charge in [0.15, 0.2) is 0 Å². The number of carbonyl (C=O) groups excluding carboxylic acids is 1. The van der Waals surface area contributed by atoms with Gasteiger partial charge in [0.1, 0.15) is 0 Å². The van der Waals surface area contributed by atoms with Crippen LogP contribution in [0.1, 0.15) is 42.9 Å². The Balaban J connectivity index is 1.84. The van der Waals surface area contributed by atoms with Crippen molar-refractivity contribution in [1.29, 1.82) is 0 Å². The molecule has 0 spiro atoms. The normalized spacial score (nSPS) is 22.5. The number of thiophene rings is 1. The zero-order valence-electron chi connectivity index (χ0n) is 11.3. The van der Waals surface area contributed by atoms with Gasteiger partial charge in [0.05, 0.1) is 0 Å². The van der Waals surface area contributed by atoms with Crippen molar-refractivity contribution in [3.8, 4) is 0 Å². The summed E-state index contributed by atoms with van der Waals surface area (Å²) in [4.78, 5) is 14.2. The summed E-state index contributed by atoms with van der Waals surface area (Å²) < 4.78 is 0. The van der Waals surface area contributed by atoms with Crippen molar-refractivity contribution in [2.45, 2.75) is 46.1 Å². The van der Waals surface area contributed by atoms with Crippen LogP contribution in [0.5, 0.6) is 0 Å². The Labute approximate surface area is 113 Å². The zero-order valence-corrected chi connectivity index (χ0v) is 12.1. The molecule has 0 radical (unpaired) electrons. The number of aryl methyl sites for hydroxylation is 1. The summed E-state index contributed by atoms with van der Waals surface area (Å²) in [5.41, 5.74) is 0.381. The van der Waals surface area contributed by atoms with E-state index in [0.717, 1.165) is 17.7 Å². The molecule has 2 nitrogen and oxygen atoms in total. The van der Waals surface area contributed by atoms with E-state index < -0.39 is 0 Å². The minimum atomic E-state index is 0.0313. The first-order valence-electron chi connectivity index (χ1n) is 6.50. The number of hydrogen-bond acceptors (Lipinski definition) is 2. The topological polar surface area (TPSA) is 29.1 Å². The summed E-state index contributed by atoms with van der Waals surface area (Å²) in [6.45, 7) is 6.61. The van der Waals surface area contributed by atoms with Crippen molar-refractivity contribution < 1.29 is 4.79 Å². The molecule has 1 aliphatic carbocycles. The third-order valence-corrected chi connectivity index (χ3v) is 4.44. The van der Waals surface area contributed by atoms with Gasteiger partial charge in [-0.2, -0.15) is 0 Å². The number of hydrogen-bond donors (Lipinski definition) is 1. The number of carbonyl (C=O) groups is 1. The summed E-state index contributed by atoms with van der Waals surface area (Å²) in [7, 11) is 0. The van der Waals surface area contributed by atoms with E-state index >= 15 is 0 Å². The molecule has 0 aliphatic heterocycles. The van der Waals surface area contributed by atoms with Crippen LogP contribution < -0.4 is 5.32 Å². The van der Waals surface area contributed by atoms with Crippen LogP contribution in [0.25, 0.3) is 6.08 Å². The third kappa shape index (κ3) is 3.70. The van der Waals surface area contributed by atoms with Crippen molar-refractivity contribution in [1.82, 2.24) is 5.32 Å². The second-order valence-electron chi connectivity index (χ2n) is 5.89. The van der Waals surface area contributed by atoms with E-state index in [1.807, 2.05) is 12.1 Å². The van der Waals surface area contributed by atoms with Gasteiger partial charge in [0.2, 0.25) is 5.91 Å². The minimum absolute atomic E-state index is 0.0313. The van der Waals surface area contributed by atoms with E-state index in [1.165, 1.54) is 11.3 Å². The fraction of sp³-hybridized carbons (Fsp3) is 0.533. The third-order valence-electron chi connectivity index (χ3n) is 3.48. The Morgan fingerprint density at radius 3 is 2.83 bits per heavy atom. The lowest BCUT2D eigenvalue weighted by Gasteiger charge is -2.17. The zero-order chi connectivity index (χ0) is 13.2. The molecule has 2 rings (SSSR count). The highest BCUT2D eigenvalue weighted by atomic mass is 32.1. The average molecular weight is 263 g/mol. The smallest absolute Gasteiger partial charge is 0.244 e. The predicted octanol–water partition coefficient (Wildman–Crippen LogP) is 3.76. The van der Waals surface area contributed by atoms with E-state index in [4.69, 9.17) is 0 Å². The van der Waals surface area contributed by atoms with Crippen LogP contribution in [-0.4, -0.2) is 11.9 Å². The second kappa shape index (κ2) is 5.27. The molecule has 1 fully saturated rings. The molecule has 1 aromatic heterocycles. The molecule has 1 saturated carbocycles. The Bertz CT molecular complexity index is 459. The molecule has 1 aromatic rings. The monoisotopic (exact) mass is 263 g/mol. The lowest BCUT2D eigenvalue weighted by molar-refractivity contribution is -0.117. The van der Waals surface area contributed by atoms with E-state index in [1.54, 1.807) is 17.4 Å². The van der Waals surface area contributed by atoms with Crippen molar-refractivity contribution in [3.05, 3.63) is 28.0 Å². The number of nitrogens with one attached hydrogen (secondary N) is 1. The van der Waals surface area contributed by atoms with Gasteiger partial charge in [-0.05, 0) is 49.8 Å². The standard InChI is InChI=1S/C15H21NOS/c1-11-4-5-13(18-11)6-7-14(17)16-12-8-9-15(2,3)10-12/h4-7,12H,8-10H2,1-3H3,(H,16,17)/b7-6+. The fourth-order valence-corrected chi connectivity index (χ4v) is 3.29. The van der Waals surface area contributed by atoms with Crippen LogP contribution in [0.15, 0.2) is 18.2 Å². The number of rotatable bonds is 3. The predicted molar refractivity (Wildman–Crippen MR) is 77.7 cm³/mol. The SMILES string of the molecule is Cc1ccc(/C=C/C(=O)NC2CCC(C)(C)C2)s1. The molecular weight excluding hydrogens is 242 g/mol. The van der Waals surface area contributed by atoms with Crippen molar-refractivity contribution in [3.63, 3.8) is 0 Å².